The molecule has 7 heteroatoms. The maximum Gasteiger partial charge on any atom is 0.416 e. The summed E-state index contributed by atoms with van der Waals surface area (Å²) in [5.41, 5.74) is 0.595. The van der Waals surface area contributed by atoms with Crippen molar-refractivity contribution in [1.29, 1.82) is 0 Å². The third-order valence-corrected chi connectivity index (χ3v) is 4.32. The van der Waals surface area contributed by atoms with Crippen LogP contribution in [0.1, 0.15) is 34.1 Å². The monoisotopic (exact) mass is 378 g/mol. The molecule has 0 saturated carbocycles. The highest BCUT2D eigenvalue weighted by Gasteiger charge is 2.31. The van der Waals surface area contributed by atoms with Crippen molar-refractivity contribution in [2.24, 2.45) is 0 Å². The number of nitrogens with one attached hydrogen (secondary N) is 1. The van der Waals surface area contributed by atoms with Gasteiger partial charge in [0.05, 0.1) is 22.3 Å². The molecule has 0 saturated heterocycles. The summed E-state index contributed by atoms with van der Waals surface area (Å²) in [6, 6.07) is 3.63. The van der Waals surface area contributed by atoms with Gasteiger partial charge >= 0.3 is 6.18 Å². The number of aromatic nitrogens is 1. The molecule has 1 unspecified atom stereocenters. The van der Waals surface area contributed by atoms with Crippen LogP contribution in [0.15, 0.2) is 22.7 Å². The zero-order valence-electron chi connectivity index (χ0n) is 11.7. The molecule has 0 amide bonds. The van der Waals surface area contributed by atoms with Crippen LogP contribution in [0, 0.1) is 13.8 Å². The van der Waals surface area contributed by atoms with Gasteiger partial charge in [0.25, 0.3) is 0 Å². The lowest BCUT2D eigenvalue weighted by molar-refractivity contribution is -0.137. The lowest BCUT2D eigenvalue weighted by atomic mass is 10.1. The van der Waals surface area contributed by atoms with E-state index in [9.17, 15) is 13.2 Å². The number of halogens is 4. The van der Waals surface area contributed by atoms with Crippen LogP contribution in [-0.2, 0) is 6.18 Å². The van der Waals surface area contributed by atoms with Crippen LogP contribution < -0.4 is 5.32 Å². The van der Waals surface area contributed by atoms with Crippen molar-refractivity contribution >= 4 is 33.0 Å². The lowest BCUT2D eigenvalue weighted by Gasteiger charge is -2.16. The van der Waals surface area contributed by atoms with E-state index in [1.54, 1.807) is 17.4 Å². The molecule has 2 aromatic rings. The molecule has 0 bridgehead atoms. The number of rotatable bonds is 3. The van der Waals surface area contributed by atoms with Crippen LogP contribution >= 0.6 is 27.3 Å². The molecule has 2 rings (SSSR count). The fourth-order valence-corrected chi connectivity index (χ4v) is 3.51. The van der Waals surface area contributed by atoms with Crippen molar-refractivity contribution in [3.8, 4) is 0 Å². The topological polar surface area (TPSA) is 24.9 Å². The number of hydrogen-bond donors (Lipinski definition) is 1. The number of aryl methyl sites for hydroxylation is 2. The van der Waals surface area contributed by atoms with Crippen LogP contribution in [0.3, 0.4) is 0 Å². The minimum Gasteiger partial charge on any atom is -0.377 e. The van der Waals surface area contributed by atoms with E-state index in [1.807, 2.05) is 20.8 Å². The van der Waals surface area contributed by atoms with Crippen molar-refractivity contribution in [1.82, 2.24) is 4.98 Å². The zero-order valence-corrected chi connectivity index (χ0v) is 14.1. The van der Waals surface area contributed by atoms with Gasteiger partial charge < -0.3 is 5.32 Å². The Morgan fingerprint density at radius 3 is 2.43 bits per heavy atom. The average Bonchev–Trinajstić information content (AvgIpc) is 2.66. The molecule has 0 radical (unpaired) electrons. The fraction of sp³-hybridized carbons (Fsp3) is 0.357. The van der Waals surface area contributed by atoms with E-state index in [1.165, 1.54) is 0 Å². The highest BCUT2D eigenvalue weighted by Crippen LogP contribution is 2.34. The molecule has 21 heavy (non-hydrogen) atoms. The van der Waals surface area contributed by atoms with Gasteiger partial charge in [-0.05, 0) is 39.0 Å². The highest BCUT2D eigenvalue weighted by molar-refractivity contribution is 9.10. The minimum atomic E-state index is -4.36. The number of thiazole rings is 1. The average molecular weight is 379 g/mol. The maximum absolute atomic E-state index is 12.8. The predicted octanol–water partition coefficient (Wildman–Crippen LogP) is 5.71. The Hall–Kier alpha value is -1.08. The molecule has 0 aliphatic heterocycles. The lowest BCUT2D eigenvalue weighted by Crippen LogP contribution is -2.10. The normalized spacial score (nSPS) is 13.3. The molecular weight excluding hydrogens is 365 g/mol. The quantitative estimate of drug-likeness (QED) is 0.739. The van der Waals surface area contributed by atoms with E-state index in [0.29, 0.717) is 10.2 Å². The van der Waals surface area contributed by atoms with Crippen molar-refractivity contribution in [2.75, 3.05) is 5.32 Å². The molecular formula is C14H14BrF3N2S. The zero-order chi connectivity index (χ0) is 15.8. The van der Waals surface area contributed by atoms with Gasteiger partial charge in [0, 0.05) is 15.0 Å². The summed E-state index contributed by atoms with van der Waals surface area (Å²) in [6.07, 6.45) is -4.36. The Labute approximate surface area is 133 Å². The predicted molar refractivity (Wildman–Crippen MR) is 82.8 cm³/mol. The van der Waals surface area contributed by atoms with Crippen molar-refractivity contribution in [2.45, 2.75) is 33.0 Å². The summed E-state index contributed by atoms with van der Waals surface area (Å²) in [7, 11) is 0. The van der Waals surface area contributed by atoms with Crippen LogP contribution in [0.25, 0.3) is 0 Å². The van der Waals surface area contributed by atoms with Crippen LogP contribution in [0.2, 0.25) is 0 Å². The smallest absolute Gasteiger partial charge is 0.377 e. The second-order valence-corrected chi connectivity index (χ2v) is 7.09. The fourth-order valence-electron chi connectivity index (χ4n) is 2.10. The second kappa shape index (κ2) is 5.96. The van der Waals surface area contributed by atoms with Gasteiger partial charge in [0.15, 0.2) is 0 Å². The molecule has 2 nitrogen and oxygen atoms in total. The third-order valence-electron chi connectivity index (χ3n) is 2.96. The third kappa shape index (κ3) is 3.97. The van der Waals surface area contributed by atoms with E-state index in [0.717, 1.165) is 27.7 Å². The van der Waals surface area contributed by atoms with E-state index in [2.05, 4.69) is 26.2 Å². The molecule has 0 fully saturated rings. The molecule has 1 N–H and O–H groups in total. The van der Waals surface area contributed by atoms with Crippen molar-refractivity contribution < 1.29 is 13.2 Å². The Bertz CT molecular complexity index is 652. The number of benzene rings is 1. The summed E-state index contributed by atoms with van der Waals surface area (Å²) in [6.45, 7) is 5.75. The summed E-state index contributed by atoms with van der Waals surface area (Å²) in [4.78, 5) is 5.49. The summed E-state index contributed by atoms with van der Waals surface area (Å²) >= 11 is 4.69. The summed E-state index contributed by atoms with van der Waals surface area (Å²) in [5, 5.41) is 4.03. The molecule has 1 heterocycles. The molecule has 0 spiro atoms. The molecule has 1 aromatic heterocycles. The number of nitrogens with zero attached hydrogens (tertiary/aromatic N) is 1. The number of anilines is 1. The molecule has 1 aromatic carbocycles. The number of hydrogen-bond acceptors (Lipinski definition) is 3. The first kappa shape index (κ1) is 16.3. The van der Waals surface area contributed by atoms with Gasteiger partial charge in [-0.15, -0.1) is 11.3 Å². The molecule has 0 aliphatic carbocycles. The largest absolute Gasteiger partial charge is 0.416 e. The van der Waals surface area contributed by atoms with E-state index < -0.39 is 11.7 Å². The minimum absolute atomic E-state index is 0.162. The van der Waals surface area contributed by atoms with E-state index in [4.69, 9.17) is 0 Å². The molecule has 114 valence electrons. The molecule has 1 atom stereocenters. The van der Waals surface area contributed by atoms with Crippen LogP contribution in [0.5, 0.6) is 0 Å². The van der Waals surface area contributed by atoms with Gasteiger partial charge in [-0.25, -0.2) is 4.98 Å². The Kier molecular flexibility index (Phi) is 4.63. The second-order valence-electron chi connectivity index (χ2n) is 4.77. The van der Waals surface area contributed by atoms with Gasteiger partial charge in [0.2, 0.25) is 0 Å². The van der Waals surface area contributed by atoms with Gasteiger partial charge in [-0.2, -0.15) is 13.2 Å². The van der Waals surface area contributed by atoms with E-state index >= 15 is 0 Å². The van der Waals surface area contributed by atoms with Crippen LogP contribution in [0.4, 0.5) is 18.9 Å². The van der Waals surface area contributed by atoms with Crippen LogP contribution in [-0.4, -0.2) is 4.98 Å². The Morgan fingerprint density at radius 2 is 1.90 bits per heavy atom. The summed E-state index contributed by atoms with van der Waals surface area (Å²) < 4.78 is 38.8. The summed E-state index contributed by atoms with van der Waals surface area (Å²) in [5.74, 6) is 0. The first-order valence-corrected chi connectivity index (χ1v) is 7.86. The Balaban J connectivity index is 2.27. The van der Waals surface area contributed by atoms with Crippen molar-refractivity contribution in [3.63, 3.8) is 0 Å². The first-order chi connectivity index (χ1) is 9.66. The van der Waals surface area contributed by atoms with Gasteiger partial charge in [-0.1, -0.05) is 15.9 Å². The standard InChI is InChI=1S/C14H14BrF3N2S/c1-7(13-8(2)21-9(3)20-13)19-12-5-10(14(16,17)18)4-11(15)6-12/h4-7,19H,1-3H3. The maximum atomic E-state index is 12.8. The van der Waals surface area contributed by atoms with Gasteiger partial charge in [0.1, 0.15) is 0 Å². The number of alkyl halides is 3. The van der Waals surface area contributed by atoms with Gasteiger partial charge in [-0.3, -0.25) is 0 Å². The van der Waals surface area contributed by atoms with Crippen molar-refractivity contribution in [3.05, 3.63) is 43.8 Å². The highest BCUT2D eigenvalue weighted by atomic mass is 79.9. The Morgan fingerprint density at radius 1 is 1.24 bits per heavy atom. The molecule has 0 aliphatic rings. The SMILES string of the molecule is Cc1nc(C(C)Nc2cc(Br)cc(C(F)(F)F)c2)c(C)s1. The van der Waals surface area contributed by atoms with E-state index in [-0.39, 0.29) is 6.04 Å². The first-order valence-electron chi connectivity index (χ1n) is 6.25.